The molecule has 94 valence electrons. The van der Waals surface area contributed by atoms with Gasteiger partial charge in [-0.1, -0.05) is 0 Å². The SMILES string of the molecule is Cl.Cl.NCCO[C@@H](Cc1c[nH]cn1)C(=O)O. The summed E-state index contributed by atoms with van der Waals surface area (Å²) < 4.78 is 5.05. The molecule has 0 saturated heterocycles. The molecule has 16 heavy (non-hydrogen) atoms. The number of nitrogens with two attached hydrogens (primary N) is 1. The molecular formula is C8H15Cl2N3O3. The van der Waals surface area contributed by atoms with Gasteiger partial charge in [0.05, 0.1) is 18.6 Å². The van der Waals surface area contributed by atoms with E-state index in [1.165, 1.54) is 6.33 Å². The van der Waals surface area contributed by atoms with Crippen LogP contribution in [0.25, 0.3) is 0 Å². The Labute approximate surface area is 105 Å². The third-order valence-electron chi connectivity index (χ3n) is 1.66. The molecule has 4 N–H and O–H groups in total. The van der Waals surface area contributed by atoms with E-state index in [9.17, 15) is 4.79 Å². The molecule has 0 aliphatic heterocycles. The van der Waals surface area contributed by atoms with Crippen LogP contribution < -0.4 is 5.73 Å². The Morgan fingerprint density at radius 1 is 1.62 bits per heavy atom. The van der Waals surface area contributed by atoms with E-state index < -0.39 is 12.1 Å². The van der Waals surface area contributed by atoms with Gasteiger partial charge in [-0.2, -0.15) is 0 Å². The molecule has 0 unspecified atom stereocenters. The van der Waals surface area contributed by atoms with Crippen LogP contribution in [0.2, 0.25) is 0 Å². The van der Waals surface area contributed by atoms with E-state index in [0.29, 0.717) is 12.2 Å². The first kappa shape index (κ1) is 17.6. The summed E-state index contributed by atoms with van der Waals surface area (Å²) in [6.45, 7) is 0.547. The number of carbonyl (C=O) groups is 1. The van der Waals surface area contributed by atoms with Gasteiger partial charge >= 0.3 is 5.97 Å². The molecule has 1 rings (SSSR count). The third-order valence-corrected chi connectivity index (χ3v) is 1.66. The molecule has 1 heterocycles. The van der Waals surface area contributed by atoms with Gasteiger partial charge in [0.1, 0.15) is 0 Å². The lowest BCUT2D eigenvalue weighted by Crippen LogP contribution is -2.28. The predicted octanol–water partition coefficient (Wildman–Crippen LogP) is 0.224. The van der Waals surface area contributed by atoms with Crippen molar-refractivity contribution < 1.29 is 14.6 Å². The number of carboxylic acid groups (broad SMARTS) is 1. The average molecular weight is 272 g/mol. The van der Waals surface area contributed by atoms with Gasteiger partial charge in [-0.25, -0.2) is 9.78 Å². The highest BCUT2D eigenvalue weighted by Crippen LogP contribution is 2.02. The number of nitrogens with zero attached hydrogens (tertiary/aromatic N) is 1. The van der Waals surface area contributed by atoms with E-state index in [2.05, 4.69) is 9.97 Å². The van der Waals surface area contributed by atoms with Gasteiger partial charge in [-0.3, -0.25) is 0 Å². The van der Waals surface area contributed by atoms with E-state index in [0.717, 1.165) is 0 Å². The summed E-state index contributed by atoms with van der Waals surface area (Å²) in [7, 11) is 0. The maximum absolute atomic E-state index is 10.7. The predicted molar refractivity (Wildman–Crippen MR) is 63.2 cm³/mol. The second-order valence-electron chi connectivity index (χ2n) is 2.75. The molecule has 0 radical (unpaired) electrons. The van der Waals surface area contributed by atoms with Crippen LogP contribution in [0.15, 0.2) is 12.5 Å². The first-order valence-electron chi connectivity index (χ1n) is 4.26. The summed E-state index contributed by atoms with van der Waals surface area (Å²) in [5, 5.41) is 8.79. The number of aromatic nitrogens is 2. The van der Waals surface area contributed by atoms with E-state index in [4.69, 9.17) is 15.6 Å². The van der Waals surface area contributed by atoms with Gasteiger partial charge in [0, 0.05) is 19.2 Å². The molecule has 1 aromatic rings. The number of carboxylic acids is 1. The summed E-state index contributed by atoms with van der Waals surface area (Å²) >= 11 is 0. The zero-order chi connectivity index (χ0) is 10.4. The van der Waals surface area contributed by atoms with Crippen LogP contribution in [0.1, 0.15) is 5.69 Å². The molecule has 0 aromatic carbocycles. The van der Waals surface area contributed by atoms with Crippen molar-refractivity contribution in [2.24, 2.45) is 5.73 Å². The second-order valence-corrected chi connectivity index (χ2v) is 2.75. The zero-order valence-corrected chi connectivity index (χ0v) is 10.1. The van der Waals surface area contributed by atoms with Crippen LogP contribution in [0.4, 0.5) is 0 Å². The summed E-state index contributed by atoms with van der Waals surface area (Å²) in [6, 6.07) is 0. The summed E-state index contributed by atoms with van der Waals surface area (Å²) in [6.07, 6.45) is 2.51. The molecule has 8 heteroatoms. The fraction of sp³-hybridized carbons (Fsp3) is 0.500. The Bertz CT molecular complexity index is 282. The highest BCUT2D eigenvalue weighted by atomic mass is 35.5. The van der Waals surface area contributed by atoms with Crippen molar-refractivity contribution in [2.75, 3.05) is 13.2 Å². The Balaban J connectivity index is 0. The molecule has 0 bridgehead atoms. The normalized spacial score (nSPS) is 11.1. The topological polar surface area (TPSA) is 101 Å². The number of aromatic amines is 1. The number of hydrogen-bond donors (Lipinski definition) is 3. The zero-order valence-electron chi connectivity index (χ0n) is 8.46. The van der Waals surface area contributed by atoms with Crippen LogP contribution >= 0.6 is 24.8 Å². The molecule has 1 atom stereocenters. The van der Waals surface area contributed by atoms with Crippen molar-refractivity contribution in [1.82, 2.24) is 9.97 Å². The van der Waals surface area contributed by atoms with Gasteiger partial charge in [-0.05, 0) is 0 Å². The minimum Gasteiger partial charge on any atom is -0.479 e. The van der Waals surface area contributed by atoms with Crippen LogP contribution in [0.5, 0.6) is 0 Å². The lowest BCUT2D eigenvalue weighted by Gasteiger charge is -2.11. The van der Waals surface area contributed by atoms with Crippen LogP contribution in [0.3, 0.4) is 0 Å². The van der Waals surface area contributed by atoms with Crippen molar-refractivity contribution in [3.05, 3.63) is 18.2 Å². The quantitative estimate of drug-likeness (QED) is 0.687. The van der Waals surface area contributed by atoms with Crippen LogP contribution in [-0.4, -0.2) is 40.3 Å². The Morgan fingerprint density at radius 3 is 2.75 bits per heavy atom. The number of aliphatic carboxylic acids is 1. The Hall–Kier alpha value is -0.820. The van der Waals surface area contributed by atoms with Gasteiger partial charge in [0.15, 0.2) is 6.10 Å². The van der Waals surface area contributed by atoms with E-state index in [-0.39, 0.29) is 37.8 Å². The van der Waals surface area contributed by atoms with Gasteiger partial charge < -0.3 is 20.6 Å². The minimum absolute atomic E-state index is 0. The van der Waals surface area contributed by atoms with Crippen molar-refractivity contribution >= 4 is 30.8 Å². The molecular weight excluding hydrogens is 257 g/mol. The summed E-state index contributed by atoms with van der Waals surface area (Å²) in [5.41, 5.74) is 5.87. The Kier molecular flexibility index (Phi) is 10.3. The molecule has 0 aliphatic rings. The lowest BCUT2D eigenvalue weighted by atomic mass is 10.2. The van der Waals surface area contributed by atoms with Crippen LogP contribution in [-0.2, 0) is 16.0 Å². The smallest absolute Gasteiger partial charge is 0.333 e. The number of H-pyrrole nitrogens is 1. The first-order valence-corrected chi connectivity index (χ1v) is 4.26. The summed E-state index contributed by atoms with van der Waals surface area (Å²) in [5.74, 6) is -0.999. The maximum atomic E-state index is 10.7. The molecule has 0 aliphatic carbocycles. The largest absolute Gasteiger partial charge is 0.479 e. The Morgan fingerprint density at radius 2 is 2.31 bits per heavy atom. The molecule has 0 spiro atoms. The number of halogens is 2. The first-order chi connectivity index (χ1) is 6.74. The van der Waals surface area contributed by atoms with E-state index in [1.54, 1.807) is 6.20 Å². The monoisotopic (exact) mass is 271 g/mol. The van der Waals surface area contributed by atoms with Crippen molar-refractivity contribution in [3.8, 4) is 0 Å². The average Bonchev–Trinajstić information content (AvgIpc) is 2.64. The number of ether oxygens (including phenoxy) is 1. The minimum atomic E-state index is -0.999. The highest BCUT2D eigenvalue weighted by molar-refractivity contribution is 5.85. The van der Waals surface area contributed by atoms with E-state index >= 15 is 0 Å². The van der Waals surface area contributed by atoms with Crippen molar-refractivity contribution in [3.63, 3.8) is 0 Å². The van der Waals surface area contributed by atoms with Gasteiger partial charge in [0.2, 0.25) is 0 Å². The van der Waals surface area contributed by atoms with Gasteiger partial charge in [0.25, 0.3) is 0 Å². The third kappa shape index (κ3) is 5.92. The second kappa shape index (κ2) is 9.41. The number of nitrogens with one attached hydrogen (secondary N) is 1. The van der Waals surface area contributed by atoms with E-state index in [1.807, 2.05) is 0 Å². The number of hydrogen-bond acceptors (Lipinski definition) is 4. The fourth-order valence-electron chi connectivity index (χ4n) is 1.02. The lowest BCUT2D eigenvalue weighted by molar-refractivity contribution is -0.150. The molecule has 6 nitrogen and oxygen atoms in total. The highest BCUT2D eigenvalue weighted by Gasteiger charge is 2.18. The fourth-order valence-corrected chi connectivity index (χ4v) is 1.02. The van der Waals surface area contributed by atoms with Gasteiger partial charge in [-0.15, -0.1) is 24.8 Å². The number of imidazole rings is 1. The number of rotatable bonds is 6. The van der Waals surface area contributed by atoms with Crippen LogP contribution in [0, 0.1) is 0 Å². The molecule has 0 fully saturated rings. The maximum Gasteiger partial charge on any atom is 0.333 e. The molecule has 1 aromatic heterocycles. The summed E-state index contributed by atoms with van der Waals surface area (Å²) in [4.78, 5) is 17.4. The van der Waals surface area contributed by atoms with Crippen molar-refractivity contribution in [2.45, 2.75) is 12.5 Å². The standard InChI is InChI=1S/C8H13N3O3.2ClH/c9-1-2-14-7(8(12)13)3-6-4-10-5-11-6;;/h4-5,7H,1-3,9H2,(H,10,11)(H,12,13);2*1H/t7-;;/m0../s1. The molecule has 0 saturated carbocycles. The molecule has 0 amide bonds. The van der Waals surface area contributed by atoms with Crippen molar-refractivity contribution in [1.29, 1.82) is 0 Å².